The fraction of sp³-hybridized carbons (Fsp3) is 0.600. The molecule has 1 unspecified atom stereocenters. The number of aryl methyl sites for hydroxylation is 1. The van der Waals surface area contributed by atoms with Crippen molar-refractivity contribution in [3.8, 4) is 0 Å². The van der Waals surface area contributed by atoms with Crippen LogP contribution in [0.2, 0.25) is 0 Å². The molecule has 2 aromatic rings. The quantitative estimate of drug-likeness (QED) is 0.855. The van der Waals surface area contributed by atoms with Gasteiger partial charge in [0.15, 0.2) is 0 Å². The highest BCUT2D eigenvalue weighted by Crippen LogP contribution is 2.30. The van der Waals surface area contributed by atoms with Crippen LogP contribution in [-0.4, -0.2) is 53.3 Å². The largest absolute Gasteiger partial charge is 0.403 e. The summed E-state index contributed by atoms with van der Waals surface area (Å²) in [5, 5.41) is 2.97. The second kappa shape index (κ2) is 6.24. The number of aromatic nitrogens is 2. The van der Waals surface area contributed by atoms with E-state index in [1.54, 1.807) is 11.3 Å². The van der Waals surface area contributed by atoms with Crippen LogP contribution in [0.4, 0.5) is 19.0 Å². The number of anilines is 1. The number of nitrogens with zero attached hydrogens (tertiary/aromatic N) is 4. The molecule has 1 fully saturated rings. The number of fused-ring (bicyclic) bond motifs is 1. The average molecular weight is 344 g/mol. The third kappa shape index (κ3) is 3.28. The second-order valence-electron chi connectivity index (χ2n) is 5.70. The van der Waals surface area contributed by atoms with Gasteiger partial charge in [-0.15, -0.1) is 11.3 Å². The number of thiophene rings is 1. The monoisotopic (exact) mass is 344 g/mol. The van der Waals surface area contributed by atoms with E-state index in [1.807, 2.05) is 18.4 Å². The summed E-state index contributed by atoms with van der Waals surface area (Å²) in [6, 6.07) is 0.585. The zero-order valence-electron chi connectivity index (χ0n) is 13.1. The van der Waals surface area contributed by atoms with Gasteiger partial charge in [0.05, 0.1) is 5.39 Å². The summed E-state index contributed by atoms with van der Waals surface area (Å²) >= 11 is 1.57. The van der Waals surface area contributed by atoms with Crippen LogP contribution in [0, 0.1) is 0 Å². The van der Waals surface area contributed by atoms with Crippen molar-refractivity contribution in [3.05, 3.63) is 17.3 Å². The van der Waals surface area contributed by atoms with Crippen LogP contribution >= 0.6 is 11.3 Å². The molecule has 3 heterocycles. The maximum absolute atomic E-state index is 12.8. The van der Waals surface area contributed by atoms with Gasteiger partial charge in [0.2, 0.25) is 0 Å². The zero-order valence-corrected chi connectivity index (χ0v) is 13.9. The SMILES string of the molecule is CCc1nc(N2CCN(C(C)C(F)(F)F)CC2)c2ccsc2n1. The Morgan fingerprint density at radius 1 is 1.22 bits per heavy atom. The Balaban J connectivity index is 1.79. The summed E-state index contributed by atoms with van der Waals surface area (Å²) < 4.78 is 38.5. The Bertz CT molecular complexity index is 677. The second-order valence-corrected chi connectivity index (χ2v) is 6.59. The van der Waals surface area contributed by atoms with Crippen molar-refractivity contribution in [2.75, 3.05) is 31.1 Å². The molecule has 23 heavy (non-hydrogen) atoms. The Labute approximate surface area is 136 Å². The van der Waals surface area contributed by atoms with Gasteiger partial charge >= 0.3 is 6.18 Å². The van der Waals surface area contributed by atoms with Crippen LogP contribution in [0.1, 0.15) is 19.7 Å². The van der Waals surface area contributed by atoms with E-state index < -0.39 is 12.2 Å². The smallest absolute Gasteiger partial charge is 0.353 e. The van der Waals surface area contributed by atoms with Crippen molar-refractivity contribution in [1.29, 1.82) is 0 Å². The van der Waals surface area contributed by atoms with E-state index in [4.69, 9.17) is 0 Å². The lowest BCUT2D eigenvalue weighted by atomic mass is 10.2. The lowest BCUT2D eigenvalue weighted by molar-refractivity contribution is -0.179. The summed E-state index contributed by atoms with van der Waals surface area (Å²) in [7, 11) is 0. The lowest BCUT2D eigenvalue weighted by Gasteiger charge is -2.39. The van der Waals surface area contributed by atoms with Crippen LogP contribution in [-0.2, 0) is 6.42 Å². The molecule has 0 amide bonds. The molecule has 0 aliphatic carbocycles. The van der Waals surface area contributed by atoms with Crippen LogP contribution in [0.3, 0.4) is 0 Å². The van der Waals surface area contributed by atoms with Crippen molar-refractivity contribution >= 4 is 27.4 Å². The standard InChI is InChI=1S/C15H19F3N4S/c1-3-12-19-13(11-4-9-23-14(11)20-12)22-7-5-21(6-8-22)10(2)15(16,17)18/h4,9-10H,3,5-8H2,1-2H3. The number of hydrogen-bond donors (Lipinski definition) is 0. The predicted octanol–water partition coefficient (Wildman–Crippen LogP) is 3.33. The van der Waals surface area contributed by atoms with Gasteiger partial charge in [0.25, 0.3) is 0 Å². The molecule has 1 aliphatic heterocycles. The van der Waals surface area contributed by atoms with Crippen molar-refractivity contribution in [1.82, 2.24) is 14.9 Å². The Morgan fingerprint density at radius 3 is 2.52 bits per heavy atom. The lowest BCUT2D eigenvalue weighted by Crippen LogP contribution is -2.53. The highest BCUT2D eigenvalue weighted by atomic mass is 32.1. The van der Waals surface area contributed by atoms with Gasteiger partial charge in [-0.05, 0) is 18.4 Å². The van der Waals surface area contributed by atoms with E-state index in [-0.39, 0.29) is 0 Å². The molecule has 4 nitrogen and oxygen atoms in total. The number of alkyl halides is 3. The number of rotatable bonds is 3. The summed E-state index contributed by atoms with van der Waals surface area (Å²) in [5.74, 6) is 1.63. The molecule has 1 atom stereocenters. The van der Waals surface area contributed by atoms with E-state index >= 15 is 0 Å². The molecule has 0 aromatic carbocycles. The summed E-state index contributed by atoms with van der Waals surface area (Å²) in [5.41, 5.74) is 0. The maximum Gasteiger partial charge on any atom is 0.403 e. The third-order valence-corrected chi connectivity index (χ3v) is 5.11. The van der Waals surface area contributed by atoms with Crippen LogP contribution in [0.15, 0.2) is 11.4 Å². The minimum atomic E-state index is -4.17. The predicted molar refractivity (Wildman–Crippen MR) is 86.1 cm³/mol. The first-order valence-corrected chi connectivity index (χ1v) is 8.58. The molecule has 0 N–H and O–H groups in total. The van der Waals surface area contributed by atoms with E-state index in [1.165, 1.54) is 11.8 Å². The summed E-state index contributed by atoms with van der Waals surface area (Å²) in [4.78, 5) is 13.6. The van der Waals surface area contributed by atoms with Crippen molar-refractivity contribution in [2.24, 2.45) is 0 Å². The zero-order chi connectivity index (χ0) is 16.6. The summed E-state index contributed by atoms with van der Waals surface area (Å²) in [6.07, 6.45) is -3.43. The van der Waals surface area contributed by atoms with Gasteiger partial charge < -0.3 is 4.90 Å². The summed E-state index contributed by atoms with van der Waals surface area (Å²) in [6.45, 7) is 5.10. The van der Waals surface area contributed by atoms with Crippen LogP contribution in [0.25, 0.3) is 10.2 Å². The molecule has 1 aliphatic rings. The number of piperazine rings is 1. The Morgan fingerprint density at radius 2 is 1.91 bits per heavy atom. The minimum Gasteiger partial charge on any atom is -0.353 e. The molecule has 0 spiro atoms. The van der Waals surface area contributed by atoms with E-state index in [9.17, 15) is 13.2 Å². The highest BCUT2D eigenvalue weighted by molar-refractivity contribution is 7.16. The fourth-order valence-electron chi connectivity index (χ4n) is 2.81. The average Bonchev–Trinajstić information content (AvgIpc) is 3.01. The maximum atomic E-state index is 12.8. The molecule has 8 heteroatoms. The first-order valence-electron chi connectivity index (χ1n) is 7.70. The van der Waals surface area contributed by atoms with E-state index in [0.717, 1.165) is 28.3 Å². The van der Waals surface area contributed by atoms with E-state index in [2.05, 4.69) is 14.9 Å². The molecule has 1 saturated heterocycles. The van der Waals surface area contributed by atoms with E-state index in [0.29, 0.717) is 26.2 Å². The molecule has 0 bridgehead atoms. The van der Waals surface area contributed by atoms with Crippen molar-refractivity contribution < 1.29 is 13.2 Å². The highest BCUT2D eigenvalue weighted by Gasteiger charge is 2.41. The first-order chi connectivity index (χ1) is 10.9. The molecule has 2 aromatic heterocycles. The molecule has 3 rings (SSSR count). The molecule has 0 radical (unpaired) electrons. The van der Waals surface area contributed by atoms with Gasteiger partial charge in [0.1, 0.15) is 22.5 Å². The molecular formula is C15H19F3N4S. The van der Waals surface area contributed by atoms with Crippen molar-refractivity contribution in [2.45, 2.75) is 32.5 Å². The molecule has 126 valence electrons. The molecule has 0 saturated carbocycles. The van der Waals surface area contributed by atoms with Crippen LogP contribution < -0.4 is 4.90 Å². The van der Waals surface area contributed by atoms with Gasteiger partial charge in [-0.1, -0.05) is 6.92 Å². The Kier molecular flexibility index (Phi) is 4.46. The van der Waals surface area contributed by atoms with Gasteiger partial charge in [-0.25, -0.2) is 9.97 Å². The van der Waals surface area contributed by atoms with Gasteiger partial charge in [-0.2, -0.15) is 13.2 Å². The first kappa shape index (κ1) is 16.4. The normalized spacial score (nSPS) is 18.6. The van der Waals surface area contributed by atoms with Crippen molar-refractivity contribution in [3.63, 3.8) is 0 Å². The number of halogens is 3. The van der Waals surface area contributed by atoms with Gasteiger partial charge in [-0.3, -0.25) is 4.90 Å². The number of hydrogen-bond acceptors (Lipinski definition) is 5. The van der Waals surface area contributed by atoms with Crippen LogP contribution in [0.5, 0.6) is 0 Å². The van der Waals surface area contributed by atoms with Gasteiger partial charge in [0, 0.05) is 32.6 Å². The molecular weight excluding hydrogens is 325 g/mol. The Hall–Kier alpha value is -1.41. The fourth-order valence-corrected chi connectivity index (χ4v) is 3.59. The minimum absolute atomic E-state index is 0.387. The topological polar surface area (TPSA) is 32.3 Å². The third-order valence-electron chi connectivity index (χ3n) is 4.30.